The predicted molar refractivity (Wildman–Crippen MR) is 125 cm³/mol. The zero-order valence-electron chi connectivity index (χ0n) is 18.8. The first-order valence-electron chi connectivity index (χ1n) is 10.3. The Balaban J connectivity index is 2.10. The lowest BCUT2D eigenvalue weighted by atomic mass is 10.0. The van der Waals surface area contributed by atoms with Crippen molar-refractivity contribution in [2.75, 3.05) is 20.3 Å². The molecule has 0 spiro atoms. The van der Waals surface area contributed by atoms with Crippen molar-refractivity contribution >= 4 is 27.9 Å². The monoisotopic (exact) mass is 507 g/mol. The molecule has 0 saturated carbocycles. The molecular weight excluding hydrogens is 478 g/mol. The number of benzene rings is 1. The van der Waals surface area contributed by atoms with Gasteiger partial charge in [-0.3, -0.25) is 4.79 Å². The van der Waals surface area contributed by atoms with Crippen LogP contribution in [0.1, 0.15) is 32.8 Å². The van der Waals surface area contributed by atoms with E-state index in [1.54, 1.807) is 46.2 Å². The molecule has 174 valence electrons. The molecule has 1 atom stereocenters. The summed E-state index contributed by atoms with van der Waals surface area (Å²) in [6, 6.07) is 10.1. The summed E-state index contributed by atoms with van der Waals surface area (Å²) in [5.74, 6) is 0.728. The fourth-order valence-electron chi connectivity index (χ4n) is 2.73. The predicted octanol–water partition coefficient (Wildman–Crippen LogP) is 4.22. The van der Waals surface area contributed by atoms with Gasteiger partial charge in [0, 0.05) is 43.4 Å². The Kier molecular flexibility index (Phi) is 9.93. The minimum absolute atomic E-state index is 0.264. The van der Waals surface area contributed by atoms with E-state index >= 15 is 0 Å². The molecule has 1 unspecified atom stereocenters. The second-order valence-electron chi connectivity index (χ2n) is 8.10. The van der Waals surface area contributed by atoms with Gasteiger partial charge in [0.05, 0.1) is 0 Å². The number of carbonyl (C=O) groups excluding carboxylic acids is 2. The first-order valence-corrected chi connectivity index (χ1v) is 11.1. The van der Waals surface area contributed by atoms with Gasteiger partial charge in [0.2, 0.25) is 11.8 Å². The summed E-state index contributed by atoms with van der Waals surface area (Å²) in [7, 11) is 1.60. The van der Waals surface area contributed by atoms with E-state index in [4.69, 9.17) is 14.2 Å². The zero-order valence-corrected chi connectivity index (χ0v) is 20.4. The van der Waals surface area contributed by atoms with Crippen LogP contribution in [0.5, 0.6) is 11.6 Å². The number of pyridine rings is 1. The Hall–Kier alpha value is -2.65. The molecule has 32 heavy (non-hydrogen) atoms. The van der Waals surface area contributed by atoms with E-state index in [2.05, 4.69) is 31.5 Å². The van der Waals surface area contributed by atoms with Crippen molar-refractivity contribution in [2.24, 2.45) is 0 Å². The third kappa shape index (κ3) is 9.65. The number of rotatable bonds is 10. The van der Waals surface area contributed by atoms with Crippen LogP contribution >= 0.6 is 15.9 Å². The van der Waals surface area contributed by atoms with E-state index in [1.165, 1.54) is 0 Å². The van der Waals surface area contributed by atoms with E-state index in [9.17, 15) is 9.59 Å². The third-order valence-electron chi connectivity index (χ3n) is 4.09. The standard InChI is InChI=1S/C23H30BrN3O5/c1-23(2,3)32-22(29)27-19(21(28)25-11-6-12-30-4)14-16-7-5-8-18(13-16)31-20-10-9-17(24)15-26-20/h5,7-10,13,15,19H,6,11-12,14H2,1-4H3,(H,25,28)(H,27,29). The number of hydrogen-bond acceptors (Lipinski definition) is 6. The Morgan fingerprint density at radius 1 is 1.19 bits per heavy atom. The summed E-state index contributed by atoms with van der Waals surface area (Å²) >= 11 is 3.34. The molecule has 1 heterocycles. The van der Waals surface area contributed by atoms with Gasteiger partial charge in [-0.2, -0.15) is 0 Å². The number of nitrogens with one attached hydrogen (secondary N) is 2. The van der Waals surface area contributed by atoms with Crippen LogP contribution in [0, 0.1) is 0 Å². The largest absolute Gasteiger partial charge is 0.444 e. The van der Waals surface area contributed by atoms with Crippen molar-refractivity contribution in [3.05, 3.63) is 52.6 Å². The Morgan fingerprint density at radius 2 is 1.97 bits per heavy atom. The highest BCUT2D eigenvalue weighted by Gasteiger charge is 2.24. The number of alkyl carbamates (subject to hydrolysis) is 1. The summed E-state index contributed by atoms with van der Waals surface area (Å²) in [4.78, 5) is 29.3. The van der Waals surface area contributed by atoms with Crippen molar-refractivity contribution in [1.82, 2.24) is 15.6 Å². The molecule has 8 nitrogen and oxygen atoms in total. The number of nitrogens with zero attached hydrogens (tertiary/aromatic N) is 1. The average molecular weight is 508 g/mol. The topological polar surface area (TPSA) is 98.8 Å². The van der Waals surface area contributed by atoms with Crippen LogP contribution in [-0.4, -0.2) is 48.9 Å². The molecule has 2 N–H and O–H groups in total. The van der Waals surface area contributed by atoms with Crippen molar-refractivity contribution in [2.45, 2.75) is 45.3 Å². The van der Waals surface area contributed by atoms with Gasteiger partial charge < -0.3 is 24.8 Å². The van der Waals surface area contributed by atoms with Gasteiger partial charge in [0.15, 0.2) is 0 Å². The minimum Gasteiger partial charge on any atom is -0.444 e. The van der Waals surface area contributed by atoms with Crippen LogP contribution in [0.3, 0.4) is 0 Å². The van der Waals surface area contributed by atoms with E-state index in [1.807, 2.05) is 24.3 Å². The number of carbonyl (C=O) groups is 2. The van der Waals surface area contributed by atoms with E-state index in [0.29, 0.717) is 31.2 Å². The lowest BCUT2D eigenvalue weighted by Crippen LogP contribution is -2.49. The smallest absolute Gasteiger partial charge is 0.408 e. The number of aromatic nitrogens is 1. The number of hydrogen-bond donors (Lipinski definition) is 2. The van der Waals surface area contributed by atoms with Crippen LogP contribution in [0.25, 0.3) is 0 Å². The number of methoxy groups -OCH3 is 1. The normalized spacial score (nSPS) is 12.0. The molecule has 2 aromatic rings. The van der Waals surface area contributed by atoms with Crippen LogP contribution in [0.15, 0.2) is 47.1 Å². The highest BCUT2D eigenvalue weighted by molar-refractivity contribution is 9.10. The third-order valence-corrected chi connectivity index (χ3v) is 4.56. The van der Waals surface area contributed by atoms with Crippen LogP contribution in [0.2, 0.25) is 0 Å². The summed E-state index contributed by atoms with van der Waals surface area (Å²) in [5, 5.41) is 5.51. The van der Waals surface area contributed by atoms with Gasteiger partial charge in [0.25, 0.3) is 0 Å². The molecule has 0 aliphatic rings. The summed E-state index contributed by atoms with van der Waals surface area (Å²) in [6.45, 7) is 6.28. The Morgan fingerprint density at radius 3 is 2.62 bits per heavy atom. The maximum Gasteiger partial charge on any atom is 0.408 e. The van der Waals surface area contributed by atoms with Crippen molar-refractivity contribution in [1.29, 1.82) is 0 Å². The maximum absolute atomic E-state index is 12.8. The molecule has 0 saturated heterocycles. The second-order valence-corrected chi connectivity index (χ2v) is 9.02. The highest BCUT2D eigenvalue weighted by Crippen LogP contribution is 2.22. The lowest BCUT2D eigenvalue weighted by molar-refractivity contribution is -0.123. The fourth-order valence-corrected chi connectivity index (χ4v) is 2.96. The molecule has 0 radical (unpaired) electrons. The zero-order chi connectivity index (χ0) is 23.6. The fraction of sp³-hybridized carbons (Fsp3) is 0.435. The number of halogens is 1. The number of ether oxygens (including phenoxy) is 3. The Labute approximate surface area is 197 Å². The van der Waals surface area contributed by atoms with Gasteiger partial charge in [0.1, 0.15) is 17.4 Å². The van der Waals surface area contributed by atoms with Gasteiger partial charge in [-0.05, 0) is 66.9 Å². The number of amides is 2. The van der Waals surface area contributed by atoms with Crippen LogP contribution in [0.4, 0.5) is 4.79 Å². The van der Waals surface area contributed by atoms with Crippen molar-refractivity contribution in [3.63, 3.8) is 0 Å². The second kappa shape index (κ2) is 12.4. The van der Waals surface area contributed by atoms with Gasteiger partial charge in [-0.1, -0.05) is 12.1 Å². The first kappa shape index (κ1) is 25.6. The molecular formula is C23H30BrN3O5. The van der Waals surface area contributed by atoms with Crippen molar-refractivity contribution in [3.8, 4) is 11.6 Å². The Bertz CT molecular complexity index is 884. The molecule has 9 heteroatoms. The molecule has 1 aromatic carbocycles. The quantitative estimate of drug-likeness (QED) is 0.467. The summed E-state index contributed by atoms with van der Waals surface area (Å²) in [5.41, 5.74) is 0.141. The average Bonchev–Trinajstić information content (AvgIpc) is 2.71. The van der Waals surface area contributed by atoms with Crippen molar-refractivity contribution < 1.29 is 23.8 Å². The van der Waals surface area contributed by atoms with E-state index in [0.717, 1.165) is 10.0 Å². The SMILES string of the molecule is COCCCNC(=O)C(Cc1cccc(Oc2ccc(Br)cn2)c1)NC(=O)OC(C)(C)C. The summed E-state index contributed by atoms with van der Waals surface area (Å²) < 4.78 is 17.0. The molecule has 2 amide bonds. The molecule has 0 fully saturated rings. The van der Waals surface area contributed by atoms with E-state index < -0.39 is 17.7 Å². The van der Waals surface area contributed by atoms with Crippen LogP contribution < -0.4 is 15.4 Å². The van der Waals surface area contributed by atoms with E-state index in [-0.39, 0.29) is 12.3 Å². The first-order chi connectivity index (χ1) is 15.2. The molecule has 2 rings (SSSR count). The van der Waals surface area contributed by atoms with Gasteiger partial charge in [-0.15, -0.1) is 0 Å². The van der Waals surface area contributed by atoms with Gasteiger partial charge >= 0.3 is 6.09 Å². The minimum atomic E-state index is -0.812. The maximum atomic E-state index is 12.8. The lowest BCUT2D eigenvalue weighted by Gasteiger charge is -2.23. The molecule has 0 bridgehead atoms. The highest BCUT2D eigenvalue weighted by atomic mass is 79.9. The molecule has 0 aliphatic carbocycles. The summed E-state index contributed by atoms with van der Waals surface area (Å²) in [6.07, 6.45) is 1.93. The van der Waals surface area contributed by atoms with Crippen LogP contribution in [-0.2, 0) is 20.7 Å². The van der Waals surface area contributed by atoms with Gasteiger partial charge in [-0.25, -0.2) is 9.78 Å². The molecule has 1 aromatic heterocycles. The molecule has 0 aliphatic heterocycles.